The number of hydrogen-bond donors (Lipinski definition) is 2. The summed E-state index contributed by atoms with van der Waals surface area (Å²) in [7, 11) is 0. The highest BCUT2D eigenvalue weighted by molar-refractivity contribution is 6.30. The summed E-state index contributed by atoms with van der Waals surface area (Å²) in [6, 6.07) is 11.2. The van der Waals surface area contributed by atoms with Crippen molar-refractivity contribution >= 4 is 17.5 Å². The number of hydrogen-bond acceptors (Lipinski definition) is 3. The Morgan fingerprint density at radius 1 is 1.28 bits per heavy atom. The largest absolute Gasteiger partial charge is 0.469 e. The van der Waals surface area contributed by atoms with Crippen LogP contribution in [0, 0.1) is 0 Å². The molecule has 0 saturated heterocycles. The fourth-order valence-corrected chi connectivity index (χ4v) is 3.81. The Labute approximate surface area is 153 Å². The van der Waals surface area contributed by atoms with Gasteiger partial charge in [0, 0.05) is 18.0 Å². The minimum absolute atomic E-state index is 0.0213. The van der Waals surface area contributed by atoms with Crippen LogP contribution in [0.25, 0.3) is 0 Å². The summed E-state index contributed by atoms with van der Waals surface area (Å²) in [5.74, 6) is 0.680. The molecule has 1 saturated carbocycles. The molecular formula is C20H24ClNO3. The first kappa shape index (κ1) is 18.0. The number of benzene rings is 1. The third-order valence-corrected chi connectivity index (χ3v) is 5.31. The summed E-state index contributed by atoms with van der Waals surface area (Å²) < 4.78 is 5.29. The number of aliphatic hydroxyl groups is 1. The van der Waals surface area contributed by atoms with E-state index in [-0.39, 0.29) is 12.5 Å². The van der Waals surface area contributed by atoms with E-state index in [0.29, 0.717) is 17.2 Å². The number of amides is 1. The molecule has 2 N–H and O–H groups in total. The number of carbonyl (C=O) groups excluding carboxylic acids is 1. The standard InChI is InChI=1S/C20H24ClNO3/c1-19(24,13-17-5-4-12-25-17)14-22-18(23)20(10-2-3-11-20)15-6-8-16(21)9-7-15/h4-9,12,24H,2-3,10-11,13-14H2,1H3,(H,22,23)/t19-/m1/s1. The van der Waals surface area contributed by atoms with Gasteiger partial charge in [0.1, 0.15) is 5.76 Å². The summed E-state index contributed by atoms with van der Waals surface area (Å²) in [4.78, 5) is 13.0. The van der Waals surface area contributed by atoms with E-state index in [1.165, 1.54) is 0 Å². The second-order valence-electron chi connectivity index (χ2n) is 7.23. The van der Waals surface area contributed by atoms with Crippen molar-refractivity contribution in [3.05, 3.63) is 59.0 Å². The van der Waals surface area contributed by atoms with E-state index in [1.807, 2.05) is 30.3 Å². The Morgan fingerprint density at radius 3 is 2.56 bits per heavy atom. The van der Waals surface area contributed by atoms with Crippen LogP contribution < -0.4 is 5.32 Å². The van der Waals surface area contributed by atoms with Crippen molar-refractivity contribution in [3.63, 3.8) is 0 Å². The average molecular weight is 362 g/mol. The van der Waals surface area contributed by atoms with Crippen molar-refractivity contribution in [2.24, 2.45) is 0 Å². The predicted molar refractivity (Wildman–Crippen MR) is 97.6 cm³/mol. The van der Waals surface area contributed by atoms with Crippen LogP contribution in [0.15, 0.2) is 47.1 Å². The molecular weight excluding hydrogens is 338 g/mol. The third-order valence-electron chi connectivity index (χ3n) is 5.05. The smallest absolute Gasteiger partial charge is 0.230 e. The minimum atomic E-state index is -1.06. The summed E-state index contributed by atoms with van der Waals surface area (Å²) in [6.45, 7) is 1.89. The molecule has 134 valence electrons. The van der Waals surface area contributed by atoms with Gasteiger partial charge in [0.25, 0.3) is 0 Å². The molecule has 1 aliphatic rings. The van der Waals surface area contributed by atoms with Gasteiger partial charge in [0.2, 0.25) is 5.91 Å². The Bertz CT molecular complexity index is 701. The molecule has 1 atom stereocenters. The number of carbonyl (C=O) groups is 1. The lowest BCUT2D eigenvalue weighted by Gasteiger charge is -2.31. The zero-order chi connectivity index (χ0) is 17.9. The molecule has 1 aliphatic carbocycles. The van der Waals surface area contributed by atoms with Crippen LogP contribution in [0.5, 0.6) is 0 Å². The van der Waals surface area contributed by atoms with Crippen molar-refractivity contribution < 1.29 is 14.3 Å². The zero-order valence-electron chi connectivity index (χ0n) is 14.4. The maximum absolute atomic E-state index is 13.0. The highest BCUT2D eigenvalue weighted by Crippen LogP contribution is 2.41. The van der Waals surface area contributed by atoms with Crippen molar-refractivity contribution in [2.45, 2.75) is 50.0 Å². The van der Waals surface area contributed by atoms with Gasteiger partial charge in [-0.15, -0.1) is 0 Å². The molecule has 0 bridgehead atoms. The highest BCUT2D eigenvalue weighted by Gasteiger charge is 2.43. The normalized spacial score (nSPS) is 18.7. The molecule has 1 amide bonds. The quantitative estimate of drug-likeness (QED) is 0.821. The van der Waals surface area contributed by atoms with Gasteiger partial charge in [-0.05, 0) is 49.6 Å². The van der Waals surface area contributed by atoms with E-state index in [0.717, 1.165) is 31.2 Å². The van der Waals surface area contributed by atoms with Gasteiger partial charge >= 0.3 is 0 Å². The summed E-state index contributed by atoms with van der Waals surface area (Å²) in [6.07, 6.45) is 5.63. The summed E-state index contributed by atoms with van der Waals surface area (Å²) in [5, 5.41) is 14.2. The van der Waals surface area contributed by atoms with Gasteiger partial charge in [-0.1, -0.05) is 36.6 Å². The van der Waals surface area contributed by atoms with Crippen molar-refractivity contribution in [3.8, 4) is 0 Å². The van der Waals surface area contributed by atoms with E-state index < -0.39 is 11.0 Å². The Hall–Kier alpha value is -1.78. The molecule has 1 aromatic carbocycles. The van der Waals surface area contributed by atoms with E-state index in [4.69, 9.17) is 16.0 Å². The van der Waals surface area contributed by atoms with Crippen LogP contribution in [0.2, 0.25) is 5.02 Å². The lowest BCUT2D eigenvalue weighted by molar-refractivity contribution is -0.127. The number of nitrogens with one attached hydrogen (secondary N) is 1. The fourth-order valence-electron chi connectivity index (χ4n) is 3.69. The summed E-state index contributed by atoms with van der Waals surface area (Å²) in [5.41, 5.74) is -0.587. The number of halogens is 1. The highest BCUT2D eigenvalue weighted by atomic mass is 35.5. The van der Waals surface area contributed by atoms with Crippen molar-refractivity contribution in [1.82, 2.24) is 5.32 Å². The van der Waals surface area contributed by atoms with Gasteiger partial charge in [0.05, 0.1) is 17.3 Å². The van der Waals surface area contributed by atoms with E-state index in [1.54, 1.807) is 19.3 Å². The zero-order valence-corrected chi connectivity index (χ0v) is 15.2. The van der Waals surface area contributed by atoms with Crippen molar-refractivity contribution in [1.29, 1.82) is 0 Å². The van der Waals surface area contributed by atoms with Crippen LogP contribution in [0.4, 0.5) is 0 Å². The fraction of sp³-hybridized carbons (Fsp3) is 0.450. The molecule has 1 fully saturated rings. The molecule has 2 aromatic rings. The SMILES string of the molecule is C[C@](O)(CNC(=O)C1(c2ccc(Cl)cc2)CCCC1)Cc1ccco1. The van der Waals surface area contributed by atoms with Crippen LogP contribution in [0.3, 0.4) is 0 Å². The van der Waals surface area contributed by atoms with E-state index >= 15 is 0 Å². The van der Waals surface area contributed by atoms with Crippen molar-refractivity contribution in [2.75, 3.05) is 6.54 Å². The minimum Gasteiger partial charge on any atom is -0.469 e. The first-order valence-corrected chi connectivity index (χ1v) is 9.08. The maximum atomic E-state index is 13.0. The molecule has 0 spiro atoms. The Morgan fingerprint density at radius 2 is 1.96 bits per heavy atom. The average Bonchev–Trinajstić information content (AvgIpc) is 3.25. The topological polar surface area (TPSA) is 62.5 Å². The first-order valence-electron chi connectivity index (χ1n) is 8.70. The molecule has 1 aromatic heterocycles. The Kier molecular flexibility index (Phi) is 5.21. The van der Waals surface area contributed by atoms with Gasteiger partial charge in [0.15, 0.2) is 0 Å². The second kappa shape index (κ2) is 7.22. The lowest BCUT2D eigenvalue weighted by Crippen LogP contribution is -2.49. The van der Waals surface area contributed by atoms with Gasteiger partial charge in [-0.2, -0.15) is 0 Å². The van der Waals surface area contributed by atoms with Crippen LogP contribution in [-0.4, -0.2) is 23.2 Å². The van der Waals surface area contributed by atoms with Crippen LogP contribution >= 0.6 is 11.6 Å². The predicted octanol–water partition coefficient (Wildman–Crippen LogP) is 3.85. The monoisotopic (exact) mass is 361 g/mol. The molecule has 0 radical (unpaired) electrons. The first-order chi connectivity index (χ1) is 11.9. The molecule has 0 aliphatic heterocycles. The molecule has 0 unspecified atom stereocenters. The maximum Gasteiger partial charge on any atom is 0.230 e. The third kappa shape index (κ3) is 4.07. The molecule has 5 heteroatoms. The molecule has 25 heavy (non-hydrogen) atoms. The number of rotatable bonds is 6. The van der Waals surface area contributed by atoms with Gasteiger partial charge < -0.3 is 14.8 Å². The van der Waals surface area contributed by atoms with Gasteiger partial charge in [-0.25, -0.2) is 0 Å². The van der Waals surface area contributed by atoms with E-state index in [2.05, 4.69) is 5.32 Å². The molecule has 4 nitrogen and oxygen atoms in total. The number of furan rings is 1. The lowest BCUT2D eigenvalue weighted by atomic mass is 9.78. The Balaban J connectivity index is 1.70. The van der Waals surface area contributed by atoms with Crippen LogP contribution in [-0.2, 0) is 16.6 Å². The van der Waals surface area contributed by atoms with E-state index in [9.17, 15) is 9.90 Å². The van der Waals surface area contributed by atoms with Crippen LogP contribution in [0.1, 0.15) is 43.9 Å². The van der Waals surface area contributed by atoms with Gasteiger partial charge in [-0.3, -0.25) is 4.79 Å². The second-order valence-corrected chi connectivity index (χ2v) is 7.67. The summed E-state index contributed by atoms with van der Waals surface area (Å²) >= 11 is 5.99. The molecule has 1 heterocycles. The molecule has 3 rings (SSSR count).